The minimum Gasteiger partial charge on any atom is -0.444 e. The van der Waals surface area contributed by atoms with Crippen LogP contribution in [0.3, 0.4) is 0 Å². The summed E-state index contributed by atoms with van der Waals surface area (Å²) in [5.41, 5.74) is 0.0729. The Morgan fingerprint density at radius 2 is 2.14 bits per heavy atom. The van der Waals surface area contributed by atoms with Gasteiger partial charge in [-0.2, -0.15) is 0 Å². The van der Waals surface area contributed by atoms with Crippen molar-refractivity contribution in [2.45, 2.75) is 38.8 Å². The number of carbonyl (C=O) groups excluding carboxylic acids is 1. The van der Waals surface area contributed by atoms with Crippen LogP contribution in [-0.4, -0.2) is 39.2 Å². The first-order chi connectivity index (χ1) is 10.3. The van der Waals surface area contributed by atoms with E-state index in [1.807, 2.05) is 43.7 Å². The molecular weight excluding hydrogens is 282 g/mol. The van der Waals surface area contributed by atoms with E-state index < -0.39 is 5.60 Å². The molecule has 0 bridgehead atoms. The van der Waals surface area contributed by atoms with E-state index in [4.69, 9.17) is 4.74 Å². The molecule has 0 saturated carbocycles. The summed E-state index contributed by atoms with van der Waals surface area (Å²) in [6.45, 7) is 6.78. The van der Waals surface area contributed by atoms with Gasteiger partial charge >= 0.3 is 6.09 Å². The van der Waals surface area contributed by atoms with Gasteiger partial charge in [-0.15, -0.1) is 0 Å². The molecule has 0 radical (unpaired) electrons. The van der Waals surface area contributed by atoms with E-state index in [1.165, 1.54) is 0 Å². The molecule has 22 heavy (non-hydrogen) atoms. The zero-order chi connectivity index (χ0) is 15.9. The summed E-state index contributed by atoms with van der Waals surface area (Å²) in [5, 5.41) is 0.916. The van der Waals surface area contributed by atoms with Gasteiger partial charge in [0.1, 0.15) is 11.1 Å². The van der Waals surface area contributed by atoms with Crippen LogP contribution in [0.4, 0.5) is 4.79 Å². The molecule has 1 fully saturated rings. The third-order valence-electron chi connectivity index (χ3n) is 3.85. The Bertz CT molecular complexity index is 754. The third kappa shape index (κ3) is 2.73. The number of likely N-dealkylation sites (tertiary alicyclic amines) is 1. The lowest BCUT2D eigenvalue weighted by molar-refractivity contribution is 0.0289. The number of rotatable bonds is 1. The SMILES string of the molecule is CC(C)(C)OC(=O)N1CCC(n2ccc3cc[nH]c(=O)c32)C1. The minimum absolute atomic E-state index is 0.0989. The lowest BCUT2D eigenvalue weighted by atomic mass is 10.2. The van der Waals surface area contributed by atoms with Crippen molar-refractivity contribution in [3.8, 4) is 0 Å². The Morgan fingerprint density at radius 1 is 1.36 bits per heavy atom. The highest BCUT2D eigenvalue weighted by molar-refractivity contribution is 5.79. The molecule has 3 heterocycles. The van der Waals surface area contributed by atoms with Crippen LogP contribution in [0.1, 0.15) is 33.2 Å². The third-order valence-corrected chi connectivity index (χ3v) is 3.85. The lowest BCUT2D eigenvalue weighted by Gasteiger charge is -2.24. The summed E-state index contributed by atoms with van der Waals surface area (Å²) in [4.78, 5) is 28.6. The maximum Gasteiger partial charge on any atom is 0.410 e. The zero-order valence-electron chi connectivity index (χ0n) is 13.1. The summed E-state index contributed by atoms with van der Waals surface area (Å²) < 4.78 is 7.38. The van der Waals surface area contributed by atoms with E-state index in [0.29, 0.717) is 18.6 Å². The Kier molecular flexibility index (Phi) is 3.47. The van der Waals surface area contributed by atoms with Crippen LogP contribution in [0.5, 0.6) is 0 Å². The number of hydrogen-bond donors (Lipinski definition) is 1. The molecule has 118 valence electrons. The molecule has 1 unspecified atom stereocenters. The second-order valence-corrected chi connectivity index (χ2v) is 6.70. The van der Waals surface area contributed by atoms with E-state index >= 15 is 0 Å². The summed E-state index contributed by atoms with van der Waals surface area (Å²) in [7, 11) is 0. The predicted molar refractivity (Wildman–Crippen MR) is 84.0 cm³/mol. The molecule has 1 aliphatic heterocycles. The van der Waals surface area contributed by atoms with Crippen molar-refractivity contribution in [3.63, 3.8) is 0 Å². The molecule has 0 spiro atoms. The Hall–Kier alpha value is -2.24. The number of aromatic amines is 1. The molecule has 1 N–H and O–H groups in total. The van der Waals surface area contributed by atoms with Crippen LogP contribution >= 0.6 is 0 Å². The van der Waals surface area contributed by atoms with Crippen LogP contribution in [0.25, 0.3) is 10.9 Å². The lowest BCUT2D eigenvalue weighted by Crippen LogP contribution is -2.35. The first-order valence-corrected chi connectivity index (χ1v) is 7.51. The van der Waals surface area contributed by atoms with Gasteiger partial charge in [-0.25, -0.2) is 4.79 Å². The van der Waals surface area contributed by atoms with Crippen LogP contribution in [0.15, 0.2) is 29.3 Å². The maximum atomic E-state index is 12.1. The number of H-pyrrole nitrogens is 1. The maximum absolute atomic E-state index is 12.1. The van der Waals surface area contributed by atoms with Crippen molar-refractivity contribution >= 4 is 17.0 Å². The summed E-state index contributed by atoms with van der Waals surface area (Å²) >= 11 is 0. The van der Waals surface area contributed by atoms with Crippen molar-refractivity contribution in [2.24, 2.45) is 0 Å². The quantitative estimate of drug-likeness (QED) is 0.880. The second-order valence-electron chi connectivity index (χ2n) is 6.70. The number of aromatic nitrogens is 2. The highest BCUT2D eigenvalue weighted by Crippen LogP contribution is 2.26. The van der Waals surface area contributed by atoms with E-state index in [-0.39, 0.29) is 17.7 Å². The topological polar surface area (TPSA) is 67.3 Å². The van der Waals surface area contributed by atoms with Crippen molar-refractivity contribution in [3.05, 3.63) is 34.9 Å². The molecule has 6 nitrogen and oxygen atoms in total. The first kappa shape index (κ1) is 14.7. The number of nitrogens with zero attached hydrogens (tertiary/aromatic N) is 2. The molecule has 3 rings (SSSR count). The van der Waals surface area contributed by atoms with Gasteiger partial charge < -0.3 is 19.2 Å². The highest BCUT2D eigenvalue weighted by Gasteiger charge is 2.31. The van der Waals surface area contributed by atoms with Gasteiger partial charge in [0, 0.05) is 30.9 Å². The fraction of sp³-hybridized carbons (Fsp3) is 0.500. The van der Waals surface area contributed by atoms with Gasteiger partial charge in [0.25, 0.3) is 5.56 Å². The minimum atomic E-state index is -0.494. The molecule has 2 aromatic heterocycles. The largest absolute Gasteiger partial charge is 0.444 e. The summed E-state index contributed by atoms with van der Waals surface area (Å²) in [6.07, 6.45) is 4.09. The molecule has 1 amide bonds. The molecule has 1 saturated heterocycles. The van der Waals surface area contributed by atoms with E-state index in [9.17, 15) is 9.59 Å². The molecule has 1 aliphatic rings. The van der Waals surface area contributed by atoms with Gasteiger partial charge in [0.2, 0.25) is 0 Å². The summed E-state index contributed by atoms with van der Waals surface area (Å²) in [6, 6.07) is 3.92. The molecule has 6 heteroatoms. The van der Waals surface area contributed by atoms with Crippen molar-refractivity contribution < 1.29 is 9.53 Å². The molecule has 2 aromatic rings. The van der Waals surface area contributed by atoms with Crippen molar-refractivity contribution in [2.75, 3.05) is 13.1 Å². The zero-order valence-corrected chi connectivity index (χ0v) is 13.1. The Balaban J connectivity index is 1.80. The normalized spacial score (nSPS) is 18.9. The Morgan fingerprint density at radius 3 is 2.86 bits per heavy atom. The predicted octanol–water partition coefficient (Wildman–Crippen LogP) is 2.51. The standard InChI is InChI=1S/C16H21N3O3/c1-16(2,3)22-15(21)18-8-6-12(10-18)19-9-5-11-4-7-17-14(20)13(11)19/h4-5,7,9,12H,6,8,10H2,1-3H3,(H,17,20). The van der Waals surface area contributed by atoms with E-state index in [1.54, 1.807) is 11.1 Å². The number of nitrogens with one attached hydrogen (secondary N) is 1. The molecular formula is C16H21N3O3. The second kappa shape index (κ2) is 5.19. The van der Waals surface area contributed by atoms with Gasteiger partial charge in [-0.3, -0.25) is 4.79 Å². The van der Waals surface area contributed by atoms with Gasteiger partial charge in [0.15, 0.2) is 0 Å². The highest BCUT2D eigenvalue weighted by atomic mass is 16.6. The number of carbonyl (C=O) groups is 1. The van der Waals surface area contributed by atoms with Gasteiger partial charge in [0.05, 0.1) is 6.04 Å². The van der Waals surface area contributed by atoms with Crippen LogP contribution < -0.4 is 5.56 Å². The number of pyridine rings is 1. The van der Waals surface area contributed by atoms with Crippen LogP contribution in [0.2, 0.25) is 0 Å². The fourth-order valence-corrected chi connectivity index (χ4v) is 2.89. The van der Waals surface area contributed by atoms with Crippen molar-refractivity contribution in [1.82, 2.24) is 14.5 Å². The van der Waals surface area contributed by atoms with Crippen LogP contribution in [-0.2, 0) is 4.74 Å². The molecule has 0 aliphatic carbocycles. The Labute approximate surface area is 128 Å². The smallest absolute Gasteiger partial charge is 0.410 e. The van der Waals surface area contributed by atoms with Crippen LogP contribution in [0, 0.1) is 0 Å². The first-order valence-electron chi connectivity index (χ1n) is 7.51. The average Bonchev–Trinajstić information content (AvgIpc) is 3.03. The van der Waals surface area contributed by atoms with Gasteiger partial charge in [-0.05, 0) is 39.3 Å². The summed E-state index contributed by atoms with van der Waals surface area (Å²) in [5.74, 6) is 0. The van der Waals surface area contributed by atoms with Crippen molar-refractivity contribution in [1.29, 1.82) is 0 Å². The van der Waals surface area contributed by atoms with Gasteiger partial charge in [-0.1, -0.05) is 0 Å². The molecule has 0 aromatic carbocycles. The molecule has 1 atom stereocenters. The average molecular weight is 303 g/mol. The van der Waals surface area contributed by atoms with E-state index in [2.05, 4.69) is 4.98 Å². The number of hydrogen-bond acceptors (Lipinski definition) is 3. The number of ether oxygens (including phenoxy) is 1. The number of amides is 1. The monoisotopic (exact) mass is 303 g/mol. The van der Waals surface area contributed by atoms with E-state index in [0.717, 1.165) is 11.8 Å². The number of fused-ring (bicyclic) bond motifs is 1. The fourth-order valence-electron chi connectivity index (χ4n) is 2.89.